The van der Waals surface area contributed by atoms with Crippen molar-refractivity contribution in [3.63, 3.8) is 0 Å². The first-order valence-electron chi connectivity index (χ1n) is 8.29. The topological polar surface area (TPSA) is 61.9 Å². The maximum atomic E-state index is 12.0. The van der Waals surface area contributed by atoms with Gasteiger partial charge in [0.25, 0.3) is 0 Å². The molecule has 0 atom stereocenters. The molecule has 0 unspecified atom stereocenters. The lowest BCUT2D eigenvalue weighted by Crippen LogP contribution is -2.29. The molecule has 2 aliphatic rings. The van der Waals surface area contributed by atoms with Crippen molar-refractivity contribution >= 4 is 23.4 Å². The highest BCUT2D eigenvalue weighted by Crippen LogP contribution is 2.21. The molecule has 23 heavy (non-hydrogen) atoms. The van der Waals surface area contributed by atoms with Crippen LogP contribution in [0.3, 0.4) is 0 Å². The zero-order valence-corrected chi connectivity index (χ0v) is 13.3. The number of amides is 2. The molecular formula is C17H23N3O3. The largest absolute Gasteiger partial charge is 0.448 e. The van der Waals surface area contributed by atoms with Crippen molar-refractivity contribution in [1.29, 1.82) is 0 Å². The van der Waals surface area contributed by atoms with E-state index >= 15 is 0 Å². The first kappa shape index (κ1) is 15.6. The highest BCUT2D eigenvalue weighted by molar-refractivity contribution is 5.91. The van der Waals surface area contributed by atoms with Gasteiger partial charge in [0.05, 0.1) is 6.54 Å². The zero-order valence-electron chi connectivity index (χ0n) is 13.3. The van der Waals surface area contributed by atoms with Gasteiger partial charge in [-0.15, -0.1) is 0 Å². The first-order valence-corrected chi connectivity index (χ1v) is 8.29. The zero-order chi connectivity index (χ0) is 16.1. The summed E-state index contributed by atoms with van der Waals surface area (Å²) in [6.45, 7) is 3.60. The second-order valence-electron chi connectivity index (χ2n) is 5.99. The molecule has 2 aliphatic heterocycles. The van der Waals surface area contributed by atoms with E-state index in [1.54, 1.807) is 4.90 Å². The molecule has 2 amide bonds. The number of nitrogens with zero attached hydrogens (tertiary/aromatic N) is 2. The molecule has 2 heterocycles. The average molecular weight is 317 g/mol. The molecule has 3 rings (SSSR count). The maximum absolute atomic E-state index is 12.0. The fourth-order valence-corrected chi connectivity index (χ4v) is 3.00. The lowest BCUT2D eigenvalue weighted by molar-refractivity contribution is -0.116. The third-order valence-electron chi connectivity index (χ3n) is 4.33. The van der Waals surface area contributed by atoms with E-state index in [2.05, 4.69) is 22.3 Å². The van der Waals surface area contributed by atoms with Gasteiger partial charge in [0.1, 0.15) is 6.61 Å². The van der Waals surface area contributed by atoms with Crippen molar-refractivity contribution in [2.45, 2.75) is 25.7 Å². The van der Waals surface area contributed by atoms with Crippen molar-refractivity contribution < 1.29 is 14.3 Å². The smallest absolute Gasteiger partial charge is 0.409 e. The lowest BCUT2D eigenvalue weighted by Gasteiger charge is -2.28. The predicted octanol–water partition coefficient (Wildman–Crippen LogP) is 2.46. The summed E-state index contributed by atoms with van der Waals surface area (Å²) < 4.78 is 4.84. The minimum atomic E-state index is -0.330. The van der Waals surface area contributed by atoms with Gasteiger partial charge in [0.2, 0.25) is 5.91 Å². The molecule has 1 N–H and O–H groups in total. The van der Waals surface area contributed by atoms with Crippen LogP contribution in [-0.4, -0.2) is 49.7 Å². The van der Waals surface area contributed by atoms with Gasteiger partial charge in [-0.05, 0) is 43.5 Å². The van der Waals surface area contributed by atoms with Crippen LogP contribution in [0.1, 0.15) is 25.7 Å². The Kier molecular flexibility index (Phi) is 5.00. The van der Waals surface area contributed by atoms with Crippen LogP contribution in [-0.2, 0) is 9.53 Å². The average Bonchev–Trinajstić information content (AvgIpc) is 3.00. The number of hydrogen-bond donors (Lipinski definition) is 1. The number of hydrogen-bond acceptors (Lipinski definition) is 4. The van der Waals surface area contributed by atoms with Crippen LogP contribution < -0.4 is 10.2 Å². The summed E-state index contributed by atoms with van der Waals surface area (Å²) in [5.74, 6) is -0.0876. The molecule has 6 nitrogen and oxygen atoms in total. The van der Waals surface area contributed by atoms with Gasteiger partial charge < -0.3 is 19.9 Å². The summed E-state index contributed by atoms with van der Waals surface area (Å²) in [5, 5.41) is 2.87. The first-order chi connectivity index (χ1) is 11.2. The van der Waals surface area contributed by atoms with Gasteiger partial charge in [-0.25, -0.2) is 4.79 Å². The third kappa shape index (κ3) is 4.15. The summed E-state index contributed by atoms with van der Waals surface area (Å²) >= 11 is 0. The molecule has 0 saturated carbocycles. The minimum absolute atomic E-state index is 0.0876. The molecule has 0 bridgehead atoms. The Labute approximate surface area is 136 Å². The molecule has 0 radical (unpaired) electrons. The number of carbonyl (C=O) groups excluding carboxylic acids is 2. The molecule has 124 valence electrons. The number of carbonyl (C=O) groups is 2. The Hall–Kier alpha value is -2.24. The van der Waals surface area contributed by atoms with Gasteiger partial charge in [0, 0.05) is 37.4 Å². The Morgan fingerprint density at radius 3 is 2.48 bits per heavy atom. The van der Waals surface area contributed by atoms with Crippen molar-refractivity contribution in [3.8, 4) is 0 Å². The number of ether oxygens (including phenoxy) is 1. The van der Waals surface area contributed by atoms with Crippen LogP contribution in [0.4, 0.5) is 16.2 Å². The van der Waals surface area contributed by atoms with Crippen LogP contribution in [0.2, 0.25) is 0 Å². The predicted molar refractivity (Wildman–Crippen MR) is 88.7 cm³/mol. The van der Waals surface area contributed by atoms with Gasteiger partial charge in [0.15, 0.2) is 0 Å². The molecule has 0 spiro atoms. The Morgan fingerprint density at radius 1 is 1.09 bits per heavy atom. The molecule has 2 saturated heterocycles. The number of nitrogens with one attached hydrogen (secondary N) is 1. The molecule has 2 fully saturated rings. The maximum Gasteiger partial charge on any atom is 0.409 e. The molecule has 0 aliphatic carbocycles. The monoisotopic (exact) mass is 317 g/mol. The third-order valence-corrected chi connectivity index (χ3v) is 4.33. The fourth-order valence-electron chi connectivity index (χ4n) is 3.00. The normalized spacial score (nSPS) is 18.0. The summed E-state index contributed by atoms with van der Waals surface area (Å²) in [7, 11) is 0. The molecule has 1 aromatic carbocycles. The summed E-state index contributed by atoms with van der Waals surface area (Å²) in [5.41, 5.74) is 2.00. The highest BCUT2D eigenvalue weighted by Gasteiger charge is 2.22. The molecule has 0 aromatic heterocycles. The van der Waals surface area contributed by atoms with E-state index in [1.165, 1.54) is 24.9 Å². The molecular weight excluding hydrogens is 294 g/mol. The number of cyclic esters (lactones) is 1. The highest BCUT2D eigenvalue weighted by atomic mass is 16.6. The van der Waals surface area contributed by atoms with Gasteiger partial charge in [-0.1, -0.05) is 0 Å². The number of piperidine rings is 1. The second-order valence-corrected chi connectivity index (χ2v) is 5.99. The van der Waals surface area contributed by atoms with Gasteiger partial charge >= 0.3 is 6.09 Å². The molecule has 1 aromatic rings. The van der Waals surface area contributed by atoms with Crippen LogP contribution >= 0.6 is 0 Å². The molecule has 6 heteroatoms. The number of rotatable bonds is 5. The Bertz CT molecular complexity index is 553. The summed E-state index contributed by atoms with van der Waals surface area (Å²) in [4.78, 5) is 27.2. The number of anilines is 2. The van der Waals surface area contributed by atoms with E-state index in [1.807, 2.05) is 12.1 Å². The quantitative estimate of drug-likeness (QED) is 0.906. The van der Waals surface area contributed by atoms with Gasteiger partial charge in [-0.3, -0.25) is 4.79 Å². The SMILES string of the molecule is O=C(CCN1CCOC1=O)Nc1ccc(N2CCCCC2)cc1. The Balaban J connectivity index is 1.47. The van der Waals surface area contributed by atoms with Crippen molar-refractivity contribution in [2.24, 2.45) is 0 Å². The van der Waals surface area contributed by atoms with Crippen LogP contribution in [0.5, 0.6) is 0 Å². The minimum Gasteiger partial charge on any atom is -0.448 e. The standard InChI is InChI=1S/C17H23N3O3/c21-16(8-11-20-12-13-23-17(20)22)18-14-4-6-15(7-5-14)19-9-2-1-3-10-19/h4-7H,1-3,8-13H2,(H,18,21). The second kappa shape index (κ2) is 7.35. The van der Waals surface area contributed by atoms with Crippen LogP contribution in [0.25, 0.3) is 0 Å². The van der Waals surface area contributed by atoms with Crippen molar-refractivity contribution in [1.82, 2.24) is 4.90 Å². The van der Waals surface area contributed by atoms with E-state index in [0.29, 0.717) is 19.7 Å². The van der Waals surface area contributed by atoms with Crippen molar-refractivity contribution in [2.75, 3.05) is 43.0 Å². The van der Waals surface area contributed by atoms with E-state index in [-0.39, 0.29) is 18.4 Å². The van der Waals surface area contributed by atoms with Crippen LogP contribution in [0, 0.1) is 0 Å². The van der Waals surface area contributed by atoms with Crippen molar-refractivity contribution in [3.05, 3.63) is 24.3 Å². The van der Waals surface area contributed by atoms with E-state index in [0.717, 1.165) is 18.8 Å². The number of benzene rings is 1. The van der Waals surface area contributed by atoms with E-state index < -0.39 is 0 Å². The summed E-state index contributed by atoms with van der Waals surface area (Å²) in [6, 6.07) is 7.98. The fraction of sp³-hybridized carbons (Fsp3) is 0.529. The Morgan fingerprint density at radius 2 is 1.83 bits per heavy atom. The lowest BCUT2D eigenvalue weighted by atomic mass is 10.1. The summed E-state index contributed by atoms with van der Waals surface area (Å²) in [6.07, 6.45) is 3.76. The van der Waals surface area contributed by atoms with Gasteiger partial charge in [-0.2, -0.15) is 0 Å². The van der Waals surface area contributed by atoms with E-state index in [9.17, 15) is 9.59 Å². The van der Waals surface area contributed by atoms with Crippen LogP contribution in [0.15, 0.2) is 24.3 Å². The van der Waals surface area contributed by atoms with E-state index in [4.69, 9.17) is 4.74 Å².